The molecule has 2 aromatic carbocycles. The fourth-order valence-corrected chi connectivity index (χ4v) is 3.26. The zero-order valence-electron chi connectivity index (χ0n) is 15.6. The average molecular weight is 408 g/mol. The number of carbonyl (C=O) groups excluding carboxylic acids is 1. The summed E-state index contributed by atoms with van der Waals surface area (Å²) in [5.74, 6) is -0.348. The minimum Gasteiger partial charge on any atom is -0.383 e. The molecule has 2 aromatic rings. The predicted octanol–water partition coefficient (Wildman–Crippen LogP) is 3.62. The van der Waals surface area contributed by atoms with Gasteiger partial charge in [0.15, 0.2) is 0 Å². The van der Waals surface area contributed by atoms with Crippen molar-refractivity contribution in [2.45, 2.75) is 6.18 Å². The molecule has 1 N–H and O–H groups in total. The van der Waals surface area contributed by atoms with Crippen molar-refractivity contribution < 1.29 is 22.9 Å². The van der Waals surface area contributed by atoms with E-state index < -0.39 is 16.7 Å². The quantitative estimate of drug-likeness (QED) is 0.618. The van der Waals surface area contributed by atoms with E-state index in [0.717, 1.165) is 12.1 Å². The molecule has 1 aliphatic rings. The maximum absolute atomic E-state index is 12.9. The molecule has 1 saturated heterocycles. The van der Waals surface area contributed by atoms with Crippen LogP contribution in [0.3, 0.4) is 0 Å². The molecule has 3 rings (SSSR count). The lowest BCUT2D eigenvalue weighted by molar-refractivity contribution is -0.384. The summed E-state index contributed by atoms with van der Waals surface area (Å²) in [5, 5.41) is 13.9. The summed E-state index contributed by atoms with van der Waals surface area (Å²) in [6.07, 6.45) is -4.41. The van der Waals surface area contributed by atoms with Gasteiger partial charge in [-0.25, -0.2) is 0 Å². The van der Waals surface area contributed by atoms with Crippen LogP contribution in [0, 0.1) is 10.1 Å². The SMILES string of the molecule is CNc1ccc(C(=O)N2CCN(c3cccc(C(F)(F)F)c3)CC2)cc1[N+](=O)[O-]. The summed E-state index contributed by atoms with van der Waals surface area (Å²) in [6, 6.07) is 9.30. The Morgan fingerprint density at radius 2 is 1.79 bits per heavy atom. The molecular weight excluding hydrogens is 389 g/mol. The molecule has 0 saturated carbocycles. The second-order valence-electron chi connectivity index (χ2n) is 6.57. The Bertz CT molecular complexity index is 925. The molecule has 29 heavy (non-hydrogen) atoms. The Morgan fingerprint density at radius 1 is 1.10 bits per heavy atom. The number of benzene rings is 2. The summed E-state index contributed by atoms with van der Waals surface area (Å²) in [6.45, 7) is 1.33. The van der Waals surface area contributed by atoms with E-state index in [4.69, 9.17) is 0 Å². The van der Waals surface area contributed by atoms with E-state index in [1.807, 2.05) is 0 Å². The molecule has 1 aliphatic heterocycles. The van der Waals surface area contributed by atoms with E-state index in [9.17, 15) is 28.1 Å². The van der Waals surface area contributed by atoms with Crippen LogP contribution in [0.4, 0.5) is 30.2 Å². The smallest absolute Gasteiger partial charge is 0.383 e. The van der Waals surface area contributed by atoms with Crippen molar-refractivity contribution in [3.05, 3.63) is 63.7 Å². The first kappa shape index (κ1) is 20.4. The number of carbonyl (C=O) groups is 1. The molecule has 0 spiro atoms. The number of halogens is 3. The van der Waals surface area contributed by atoms with Crippen LogP contribution >= 0.6 is 0 Å². The number of rotatable bonds is 4. The van der Waals surface area contributed by atoms with Gasteiger partial charge in [0.05, 0.1) is 10.5 Å². The Balaban J connectivity index is 1.70. The van der Waals surface area contributed by atoms with Gasteiger partial charge >= 0.3 is 6.18 Å². The fraction of sp³-hybridized carbons (Fsp3) is 0.316. The van der Waals surface area contributed by atoms with E-state index in [1.165, 1.54) is 24.3 Å². The highest BCUT2D eigenvalue weighted by atomic mass is 19.4. The largest absolute Gasteiger partial charge is 0.416 e. The van der Waals surface area contributed by atoms with Crippen LogP contribution < -0.4 is 10.2 Å². The van der Waals surface area contributed by atoms with Crippen LogP contribution in [0.2, 0.25) is 0 Å². The molecule has 0 radical (unpaired) electrons. The maximum atomic E-state index is 12.9. The number of nitro groups is 1. The zero-order valence-corrected chi connectivity index (χ0v) is 15.6. The lowest BCUT2D eigenvalue weighted by atomic mass is 10.1. The summed E-state index contributed by atoms with van der Waals surface area (Å²) >= 11 is 0. The number of amides is 1. The van der Waals surface area contributed by atoms with Crippen molar-refractivity contribution in [2.24, 2.45) is 0 Å². The molecule has 0 aliphatic carbocycles. The zero-order chi connectivity index (χ0) is 21.2. The van der Waals surface area contributed by atoms with Crippen LogP contribution in [-0.2, 0) is 6.18 Å². The Labute approximate surface area is 164 Å². The molecule has 1 heterocycles. The highest BCUT2D eigenvalue weighted by molar-refractivity contribution is 5.96. The number of hydrogen-bond donors (Lipinski definition) is 1. The molecular formula is C19H19F3N4O3. The van der Waals surface area contributed by atoms with E-state index in [1.54, 1.807) is 22.9 Å². The van der Waals surface area contributed by atoms with Crippen molar-refractivity contribution in [2.75, 3.05) is 43.4 Å². The van der Waals surface area contributed by atoms with Crippen LogP contribution in [-0.4, -0.2) is 49.0 Å². The Morgan fingerprint density at radius 3 is 2.38 bits per heavy atom. The van der Waals surface area contributed by atoms with Crippen LogP contribution in [0.5, 0.6) is 0 Å². The average Bonchev–Trinajstić information content (AvgIpc) is 2.72. The third kappa shape index (κ3) is 4.41. The topological polar surface area (TPSA) is 78.7 Å². The number of anilines is 2. The lowest BCUT2D eigenvalue weighted by Gasteiger charge is -2.36. The highest BCUT2D eigenvalue weighted by Gasteiger charge is 2.31. The first-order valence-electron chi connectivity index (χ1n) is 8.88. The van der Waals surface area contributed by atoms with Crippen molar-refractivity contribution in [1.29, 1.82) is 0 Å². The minimum absolute atomic E-state index is 0.194. The number of nitrogens with zero attached hydrogens (tertiary/aromatic N) is 3. The van der Waals surface area contributed by atoms with Crippen LogP contribution in [0.15, 0.2) is 42.5 Å². The summed E-state index contributed by atoms with van der Waals surface area (Å²) in [5.41, 5.74) is 0.0384. The van der Waals surface area contributed by atoms with Gasteiger partial charge in [-0.2, -0.15) is 13.2 Å². The molecule has 1 fully saturated rings. The molecule has 0 unspecified atom stereocenters. The van der Waals surface area contributed by atoms with Crippen molar-refractivity contribution in [3.63, 3.8) is 0 Å². The number of piperazine rings is 1. The van der Waals surface area contributed by atoms with E-state index in [0.29, 0.717) is 37.6 Å². The summed E-state index contributed by atoms with van der Waals surface area (Å²) < 4.78 is 38.7. The Kier molecular flexibility index (Phi) is 5.62. The second-order valence-corrected chi connectivity index (χ2v) is 6.57. The molecule has 7 nitrogen and oxygen atoms in total. The van der Waals surface area contributed by atoms with Gasteiger partial charge in [0.25, 0.3) is 11.6 Å². The minimum atomic E-state index is -4.41. The number of nitrogens with one attached hydrogen (secondary N) is 1. The van der Waals surface area contributed by atoms with Crippen molar-refractivity contribution in [3.8, 4) is 0 Å². The van der Waals surface area contributed by atoms with Gasteiger partial charge in [0.2, 0.25) is 0 Å². The lowest BCUT2D eigenvalue weighted by Crippen LogP contribution is -2.48. The maximum Gasteiger partial charge on any atom is 0.416 e. The summed E-state index contributed by atoms with van der Waals surface area (Å²) in [4.78, 5) is 26.7. The first-order chi connectivity index (χ1) is 13.7. The van der Waals surface area contributed by atoms with Crippen molar-refractivity contribution >= 4 is 23.0 Å². The fourth-order valence-electron chi connectivity index (χ4n) is 3.26. The third-order valence-corrected chi connectivity index (χ3v) is 4.82. The van der Waals surface area contributed by atoms with E-state index in [-0.39, 0.29) is 17.2 Å². The highest BCUT2D eigenvalue weighted by Crippen LogP contribution is 2.32. The Hall–Kier alpha value is -3.30. The van der Waals surface area contributed by atoms with Crippen LogP contribution in [0.25, 0.3) is 0 Å². The number of alkyl halides is 3. The van der Waals surface area contributed by atoms with Gasteiger partial charge in [0.1, 0.15) is 5.69 Å². The van der Waals surface area contributed by atoms with Gasteiger partial charge in [-0.15, -0.1) is 0 Å². The van der Waals surface area contributed by atoms with Gasteiger partial charge in [0, 0.05) is 50.5 Å². The van der Waals surface area contributed by atoms with Crippen LogP contribution in [0.1, 0.15) is 15.9 Å². The molecule has 0 atom stereocenters. The monoisotopic (exact) mass is 408 g/mol. The third-order valence-electron chi connectivity index (χ3n) is 4.82. The first-order valence-corrected chi connectivity index (χ1v) is 8.88. The van der Waals surface area contributed by atoms with Gasteiger partial charge in [-0.05, 0) is 30.3 Å². The van der Waals surface area contributed by atoms with Gasteiger partial charge in [-0.1, -0.05) is 6.07 Å². The molecule has 154 valence electrons. The second kappa shape index (κ2) is 7.98. The number of nitro benzene ring substituents is 1. The van der Waals surface area contributed by atoms with Crippen molar-refractivity contribution in [1.82, 2.24) is 4.90 Å². The molecule has 1 amide bonds. The molecule has 0 aromatic heterocycles. The normalized spacial score (nSPS) is 14.6. The van der Waals surface area contributed by atoms with Gasteiger partial charge < -0.3 is 15.1 Å². The molecule has 10 heteroatoms. The van der Waals surface area contributed by atoms with E-state index in [2.05, 4.69) is 5.32 Å². The van der Waals surface area contributed by atoms with E-state index >= 15 is 0 Å². The van der Waals surface area contributed by atoms with Gasteiger partial charge in [-0.3, -0.25) is 14.9 Å². The standard InChI is InChI=1S/C19H19F3N4O3/c1-23-16-6-5-13(11-17(16)26(28)29)18(27)25-9-7-24(8-10-25)15-4-2-3-14(12-15)19(20,21)22/h2-6,11-12,23H,7-10H2,1H3. The number of hydrogen-bond acceptors (Lipinski definition) is 5. The molecule has 0 bridgehead atoms. The summed E-state index contributed by atoms with van der Waals surface area (Å²) in [7, 11) is 1.55. The predicted molar refractivity (Wildman–Crippen MR) is 102 cm³/mol.